The van der Waals surface area contributed by atoms with Crippen molar-refractivity contribution in [3.8, 4) is 22.6 Å². The van der Waals surface area contributed by atoms with E-state index < -0.39 is 0 Å². The van der Waals surface area contributed by atoms with Crippen molar-refractivity contribution >= 4 is 44.0 Å². The summed E-state index contributed by atoms with van der Waals surface area (Å²) in [5, 5.41) is 5.09. The predicted octanol–water partition coefficient (Wildman–Crippen LogP) is 9.62. The topological polar surface area (TPSA) is 28.3 Å². The van der Waals surface area contributed by atoms with Crippen molar-refractivity contribution < 1.29 is 4.74 Å². The van der Waals surface area contributed by atoms with Gasteiger partial charge in [-0.2, -0.15) is 0 Å². The van der Waals surface area contributed by atoms with E-state index in [1.54, 1.807) is 0 Å². The maximum Gasteiger partial charge on any atom is 0.152 e. The van der Waals surface area contributed by atoms with Crippen LogP contribution in [0.3, 0.4) is 0 Å². The molecule has 1 aliphatic carbocycles. The molecule has 2 aliphatic rings. The van der Waals surface area contributed by atoms with Gasteiger partial charge in [0.15, 0.2) is 11.5 Å². The molecule has 1 N–H and O–H groups in total. The van der Waals surface area contributed by atoms with Crippen LogP contribution in [0, 0.1) is 0 Å². The first-order valence-corrected chi connectivity index (χ1v) is 12.8. The van der Waals surface area contributed by atoms with Crippen LogP contribution in [0.1, 0.15) is 12.8 Å². The van der Waals surface area contributed by atoms with Crippen molar-refractivity contribution in [3.63, 3.8) is 0 Å². The third-order valence-corrected chi connectivity index (χ3v) is 7.63. The molecule has 6 aromatic rings. The van der Waals surface area contributed by atoms with Gasteiger partial charge in [-0.25, -0.2) is 0 Å². The van der Waals surface area contributed by atoms with Crippen molar-refractivity contribution in [1.82, 2.24) is 4.98 Å². The summed E-state index contributed by atoms with van der Waals surface area (Å²) < 4.78 is 6.45. The van der Waals surface area contributed by atoms with E-state index in [9.17, 15) is 0 Å². The van der Waals surface area contributed by atoms with Crippen molar-refractivity contribution in [1.29, 1.82) is 0 Å². The molecule has 0 saturated heterocycles. The first-order valence-electron chi connectivity index (χ1n) is 12.8. The molecular weight excluding hydrogens is 452 g/mol. The fraction of sp³-hybridized carbons (Fsp3) is 0.0588. The zero-order valence-corrected chi connectivity index (χ0v) is 20.2. The molecule has 0 bridgehead atoms. The lowest BCUT2D eigenvalue weighted by atomic mass is 9.99. The number of hydrogen-bond acceptors (Lipinski definition) is 2. The van der Waals surface area contributed by atoms with E-state index >= 15 is 0 Å². The lowest BCUT2D eigenvalue weighted by Gasteiger charge is -2.35. The Morgan fingerprint density at radius 2 is 1.51 bits per heavy atom. The summed E-state index contributed by atoms with van der Waals surface area (Å²) in [4.78, 5) is 6.01. The highest BCUT2D eigenvalue weighted by Crippen LogP contribution is 2.50. The fourth-order valence-electron chi connectivity index (χ4n) is 5.88. The van der Waals surface area contributed by atoms with Crippen LogP contribution >= 0.6 is 0 Å². The second kappa shape index (κ2) is 7.87. The van der Waals surface area contributed by atoms with Crippen LogP contribution in [0.4, 0.5) is 11.4 Å². The molecular formula is C34H24N2O. The van der Waals surface area contributed by atoms with Gasteiger partial charge >= 0.3 is 0 Å². The Balaban J connectivity index is 1.26. The fourth-order valence-corrected chi connectivity index (χ4v) is 5.88. The number of nitrogens with one attached hydrogen (secondary N) is 1. The van der Waals surface area contributed by atoms with Crippen molar-refractivity contribution in [2.24, 2.45) is 0 Å². The summed E-state index contributed by atoms with van der Waals surface area (Å²) in [5.41, 5.74) is 8.09. The summed E-state index contributed by atoms with van der Waals surface area (Å²) in [6, 6.07) is 34.6. The first kappa shape index (κ1) is 20.4. The normalized spacial score (nSPS) is 14.5. The maximum absolute atomic E-state index is 6.45. The van der Waals surface area contributed by atoms with Crippen molar-refractivity contribution in [3.05, 3.63) is 121 Å². The molecule has 3 heteroatoms. The van der Waals surface area contributed by atoms with E-state index in [1.165, 1.54) is 38.3 Å². The first-order chi connectivity index (χ1) is 18.3. The monoisotopic (exact) mass is 476 g/mol. The van der Waals surface area contributed by atoms with Crippen LogP contribution in [-0.2, 0) is 0 Å². The quantitative estimate of drug-likeness (QED) is 0.269. The number of nitrogens with zero attached hydrogens (tertiary/aromatic N) is 1. The van der Waals surface area contributed by atoms with E-state index in [0.717, 1.165) is 46.8 Å². The number of H-pyrrole nitrogens is 1. The molecule has 0 amide bonds. The number of aromatic nitrogens is 1. The van der Waals surface area contributed by atoms with Gasteiger partial charge in [0, 0.05) is 27.5 Å². The highest BCUT2D eigenvalue weighted by atomic mass is 16.5. The molecule has 8 rings (SSSR count). The SMILES string of the molecule is C1=CCCC(N2c3ccccc3Oc3cc(-c4ccc5c(c4)[nH]c4ccc6ccccc6c45)ccc32)=C1. The van der Waals surface area contributed by atoms with Gasteiger partial charge in [-0.15, -0.1) is 0 Å². The van der Waals surface area contributed by atoms with Crippen LogP contribution in [0.2, 0.25) is 0 Å². The van der Waals surface area contributed by atoms with Crippen LogP contribution in [-0.4, -0.2) is 4.98 Å². The van der Waals surface area contributed by atoms with Gasteiger partial charge in [-0.1, -0.05) is 72.8 Å². The Labute approximate surface area is 214 Å². The van der Waals surface area contributed by atoms with E-state index in [0.29, 0.717) is 0 Å². The van der Waals surface area contributed by atoms with Gasteiger partial charge in [0.05, 0.1) is 11.4 Å². The van der Waals surface area contributed by atoms with Gasteiger partial charge in [0.25, 0.3) is 0 Å². The summed E-state index contributed by atoms with van der Waals surface area (Å²) in [6.45, 7) is 0. The Morgan fingerprint density at radius 3 is 2.46 bits per heavy atom. The smallest absolute Gasteiger partial charge is 0.152 e. The largest absolute Gasteiger partial charge is 0.453 e. The van der Waals surface area contributed by atoms with Crippen LogP contribution in [0.5, 0.6) is 11.5 Å². The third kappa shape index (κ3) is 3.14. The number of allylic oxidation sites excluding steroid dienone is 4. The number of aromatic amines is 1. The summed E-state index contributed by atoms with van der Waals surface area (Å²) >= 11 is 0. The lowest BCUT2D eigenvalue weighted by Crippen LogP contribution is -2.21. The predicted molar refractivity (Wildman–Crippen MR) is 154 cm³/mol. The van der Waals surface area contributed by atoms with E-state index in [-0.39, 0.29) is 0 Å². The van der Waals surface area contributed by atoms with Gasteiger partial charge in [0.2, 0.25) is 0 Å². The molecule has 0 atom stereocenters. The van der Waals surface area contributed by atoms with Crippen molar-refractivity contribution in [2.45, 2.75) is 12.8 Å². The minimum Gasteiger partial charge on any atom is -0.453 e. The van der Waals surface area contributed by atoms with Gasteiger partial charge in [-0.05, 0) is 77.2 Å². The number of rotatable bonds is 2. The zero-order valence-electron chi connectivity index (χ0n) is 20.2. The Morgan fingerprint density at radius 1 is 0.676 bits per heavy atom. The minimum atomic E-state index is 0.884. The Kier molecular flexibility index (Phi) is 4.35. The number of anilines is 2. The number of benzene rings is 5. The highest BCUT2D eigenvalue weighted by molar-refractivity contribution is 6.20. The number of ether oxygens (including phenoxy) is 1. The van der Waals surface area contributed by atoms with E-state index in [4.69, 9.17) is 4.74 Å². The molecule has 5 aromatic carbocycles. The number of hydrogen-bond donors (Lipinski definition) is 1. The van der Waals surface area contributed by atoms with Crippen molar-refractivity contribution in [2.75, 3.05) is 4.90 Å². The minimum absolute atomic E-state index is 0.884. The molecule has 1 aliphatic heterocycles. The zero-order chi connectivity index (χ0) is 24.3. The lowest BCUT2D eigenvalue weighted by molar-refractivity contribution is 0.475. The number of para-hydroxylation sites is 2. The standard InChI is InChI=1S/C34H24N2O/c1-2-9-25(10-3-1)36-30-12-6-7-13-32(30)37-33-21-24(16-19-31(33)36)23-14-17-27-29(20-23)35-28-18-15-22-8-4-5-11-26(22)34(27)28/h1-2,4-9,11-21,35H,3,10H2. The molecule has 0 fully saturated rings. The maximum atomic E-state index is 6.45. The van der Waals surface area contributed by atoms with E-state index in [1.807, 2.05) is 6.07 Å². The molecule has 2 heterocycles. The van der Waals surface area contributed by atoms with Gasteiger partial charge in [0.1, 0.15) is 0 Å². The number of fused-ring (bicyclic) bond motifs is 7. The van der Waals surface area contributed by atoms with Crippen LogP contribution in [0.15, 0.2) is 121 Å². The molecule has 1 aromatic heterocycles. The van der Waals surface area contributed by atoms with Crippen LogP contribution < -0.4 is 9.64 Å². The Hall–Kier alpha value is -4.76. The second-order valence-electron chi connectivity index (χ2n) is 9.81. The summed E-state index contributed by atoms with van der Waals surface area (Å²) in [7, 11) is 0. The third-order valence-electron chi connectivity index (χ3n) is 7.63. The molecule has 0 radical (unpaired) electrons. The van der Waals surface area contributed by atoms with Crippen LogP contribution in [0.25, 0.3) is 43.7 Å². The van der Waals surface area contributed by atoms with E-state index in [2.05, 4.69) is 119 Å². The highest BCUT2D eigenvalue weighted by Gasteiger charge is 2.27. The summed E-state index contributed by atoms with van der Waals surface area (Å²) in [5.74, 6) is 1.77. The second-order valence-corrected chi connectivity index (χ2v) is 9.81. The average Bonchev–Trinajstić information content (AvgIpc) is 3.34. The van der Waals surface area contributed by atoms with Gasteiger partial charge < -0.3 is 14.6 Å². The molecule has 3 nitrogen and oxygen atoms in total. The van der Waals surface area contributed by atoms with Gasteiger partial charge in [-0.3, -0.25) is 0 Å². The molecule has 0 saturated carbocycles. The Bertz CT molecular complexity index is 1920. The molecule has 0 unspecified atom stereocenters. The summed E-state index contributed by atoms with van der Waals surface area (Å²) in [6.07, 6.45) is 8.67. The molecule has 0 spiro atoms. The average molecular weight is 477 g/mol. The molecule has 176 valence electrons. The molecule has 37 heavy (non-hydrogen) atoms.